The third-order valence-electron chi connectivity index (χ3n) is 4.67. The highest BCUT2D eigenvalue weighted by Gasteiger charge is 2.38. The zero-order chi connectivity index (χ0) is 13.0. The number of hydrogen-bond donors (Lipinski definition) is 1. The second-order valence-corrected chi connectivity index (χ2v) is 5.94. The summed E-state index contributed by atoms with van der Waals surface area (Å²) in [5.74, 6) is 1.27. The summed E-state index contributed by atoms with van der Waals surface area (Å²) in [5.41, 5.74) is 0. The van der Waals surface area contributed by atoms with Crippen molar-refractivity contribution in [2.45, 2.75) is 51.2 Å². The summed E-state index contributed by atoms with van der Waals surface area (Å²) in [6.45, 7) is 4.77. The average molecular weight is 253 g/mol. The van der Waals surface area contributed by atoms with Gasteiger partial charge in [0.2, 0.25) is 0 Å². The van der Waals surface area contributed by atoms with Gasteiger partial charge in [-0.15, -0.1) is 0 Å². The third kappa shape index (κ3) is 3.27. The van der Waals surface area contributed by atoms with E-state index in [2.05, 4.69) is 17.9 Å². The van der Waals surface area contributed by atoms with Gasteiger partial charge in [0.1, 0.15) is 0 Å². The van der Waals surface area contributed by atoms with Gasteiger partial charge in [-0.1, -0.05) is 6.92 Å². The first-order valence-corrected chi connectivity index (χ1v) is 7.32. The maximum atomic E-state index is 10.1. The molecule has 0 aromatic heterocycles. The van der Waals surface area contributed by atoms with E-state index < -0.39 is 0 Å². The SMILES string of the molecule is COC=CCC1C(O)CCC1N1CCC(C)CC1. The first kappa shape index (κ1) is 13.9. The third-order valence-corrected chi connectivity index (χ3v) is 4.67. The van der Waals surface area contributed by atoms with E-state index in [4.69, 9.17) is 4.74 Å². The van der Waals surface area contributed by atoms with Crippen LogP contribution in [0.3, 0.4) is 0 Å². The van der Waals surface area contributed by atoms with Crippen LogP contribution in [0.25, 0.3) is 0 Å². The number of rotatable bonds is 4. The number of hydrogen-bond acceptors (Lipinski definition) is 3. The van der Waals surface area contributed by atoms with Crippen molar-refractivity contribution in [2.24, 2.45) is 11.8 Å². The van der Waals surface area contributed by atoms with Crippen LogP contribution in [0.1, 0.15) is 39.0 Å². The molecule has 104 valence electrons. The van der Waals surface area contributed by atoms with Crippen LogP contribution in [0.15, 0.2) is 12.3 Å². The minimum atomic E-state index is -0.129. The number of allylic oxidation sites excluding steroid dienone is 1. The molecule has 2 fully saturated rings. The number of likely N-dealkylation sites (tertiary alicyclic amines) is 1. The van der Waals surface area contributed by atoms with E-state index in [0.29, 0.717) is 12.0 Å². The standard InChI is InChI=1S/C15H27NO2/c1-12-7-9-16(10-8-12)14-5-6-15(17)13(14)4-3-11-18-2/h3,11-15,17H,4-10H2,1-2H3. The molecular formula is C15H27NO2. The zero-order valence-corrected chi connectivity index (χ0v) is 11.7. The molecule has 2 aliphatic rings. The number of ether oxygens (including phenoxy) is 1. The fraction of sp³-hybridized carbons (Fsp3) is 0.867. The van der Waals surface area contributed by atoms with E-state index in [-0.39, 0.29) is 6.10 Å². The lowest BCUT2D eigenvalue weighted by Gasteiger charge is -2.38. The summed E-state index contributed by atoms with van der Waals surface area (Å²) in [7, 11) is 1.67. The van der Waals surface area contributed by atoms with Gasteiger partial charge in [0.15, 0.2) is 0 Å². The van der Waals surface area contributed by atoms with Crippen LogP contribution < -0.4 is 0 Å². The molecule has 3 unspecified atom stereocenters. The van der Waals surface area contributed by atoms with Crippen LogP contribution in [-0.4, -0.2) is 42.4 Å². The van der Waals surface area contributed by atoms with Crippen LogP contribution in [-0.2, 0) is 4.74 Å². The molecule has 1 N–H and O–H groups in total. The maximum absolute atomic E-state index is 10.1. The molecule has 3 atom stereocenters. The molecule has 3 heteroatoms. The Kier molecular flexibility index (Phi) is 5.07. The highest BCUT2D eigenvalue weighted by atomic mass is 16.5. The van der Waals surface area contributed by atoms with Crippen molar-refractivity contribution in [3.63, 3.8) is 0 Å². The van der Waals surface area contributed by atoms with Crippen LogP contribution in [0.2, 0.25) is 0 Å². The molecule has 1 saturated carbocycles. The molecule has 0 amide bonds. The van der Waals surface area contributed by atoms with E-state index in [9.17, 15) is 5.11 Å². The highest BCUT2D eigenvalue weighted by molar-refractivity contribution is 4.95. The lowest BCUT2D eigenvalue weighted by atomic mass is 9.92. The molecule has 0 aromatic carbocycles. The van der Waals surface area contributed by atoms with Crippen LogP contribution in [0.4, 0.5) is 0 Å². The largest absolute Gasteiger partial charge is 0.505 e. The maximum Gasteiger partial charge on any atom is 0.0784 e. The smallest absolute Gasteiger partial charge is 0.0784 e. The van der Waals surface area contributed by atoms with Crippen molar-refractivity contribution >= 4 is 0 Å². The fourth-order valence-corrected chi connectivity index (χ4v) is 3.46. The molecule has 0 spiro atoms. The molecule has 1 saturated heterocycles. The predicted molar refractivity (Wildman–Crippen MR) is 73.3 cm³/mol. The van der Waals surface area contributed by atoms with Crippen molar-refractivity contribution in [3.8, 4) is 0 Å². The van der Waals surface area contributed by atoms with Gasteiger partial charge in [-0.3, -0.25) is 4.90 Å². The summed E-state index contributed by atoms with van der Waals surface area (Å²) in [6, 6.07) is 0.578. The topological polar surface area (TPSA) is 32.7 Å². The van der Waals surface area contributed by atoms with E-state index >= 15 is 0 Å². The van der Waals surface area contributed by atoms with Crippen molar-refractivity contribution in [3.05, 3.63) is 12.3 Å². The van der Waals surface area contributed by atoms with Gasteiger partial charge in [-0.2, -0.15) is 0 Å². The quantitative estimate of drug-likeness (QED) is 0.781. The number of piperidine rings is 1. The summed E-state index contributed by atoms with van der Waals surface area (Å²) in [6.07, 6.45) is 9.34. The van der Waals surface area contributed by atoms with Gasteiger partial charge in [0.25, 0.3) is 0 Å². The Morgan fingerprint density at radius 3 is 2.61 bits per heavy atom. The molecule has 1 heterocycles. The Morgan fingerprint density at radius 2 is 1.94 bits per heavy atom. The van der Waals surface area contributed by atoms with Crippen LogP contribution in [0.5, 0.6) is 0 Å². The van der Waals surface area contributed by atoms with Gasteiger partial charge in [0, 0.05) is 12.0 Å². The van der Waals surface area contributed by atoms with Crippen molar-refractivity contribution in [1.29, 1.82) is 0 Å². The normalized spacial score (nSPS) is 35.4. The average Bonchev–Trinajstić information content (AvgIpc) is 2.73. The Bertz CT molecular complexity index is 272. The Hall–Kier alpha value is -0.540. The molecule has 18 heavy (non-hydrogen) atoms. The summed E-state index contributed by atoms with van der Waals surface area (Å²) >= 11 is 0. The summed E-state index contributed by atoms with van der Waals surface area (Å²) in [5, 5.41) is 10.1. The monoisotopic (exact) mass is 253 g/mol. The summed E-state index contributed by atoms with van der Waals surface area (Å²) in [4.78, 5) is 2.61. The number of methoxy groups -OCH3 is 1. The predicted octanol–water partition coefficient (Wildman–Crippen LogP) is 2.41. The molecule has 2 rings (SSSR count). The van der Waals surface area contributed by atoms with Gasteiger partial charge in [0.05, 0.1) is 19.5 Å². The van der Waals surface area contributed by atoms with Crippen LogP contribution in [0, 0.1) is 11.8 Å². The van der Waals surface area contributed by atoms with Crippen molar-refractivity contribution < 1.29 is 9.84 Å². The second kappa shape index (κ2) is 6.58. The number of nitrogens with zero attached hydrogens (tertiary/aromatic N) is 1. The lowest BCUT2D eigenvalue weighted by Crippen LogP contribution is -2.44. The van der Waals surface area contributed by atoms with E-state index in [0.717, 1.165) is 25.2 Å². The van der Waals surface area contributed by atoms with Crippen LogP contribution >= 0.6 is 0 Å². The van der Waals surface area contributed by atoms with Crippen molar-refractivity contribution in [1.82, 2.24) is 4.90 Å². The fourth-order valence-electron chi connectivity index (χ4n) is 3.46. The first-order valence-electron chi connectivity index (χ1n) is 7.32. The Balaban J connectivity index is 1.91. The molecule has 1 aliphatic heterocycles. The zero-order valence-electron chi connectivity index (χ0n) is 11.7. The van der Waals surface area contributed by atoms with Gasteiger partial charge < -0.3 is 9.84 Å². The van der Waals surface area contributed by atoms with Gasteiger partial charge in [-0.25, -0.2) is 0 Å². The lowest BCUT2D eigenvalue weighted by molar-refractivity contribution is 0.0682. The molecular weight excluding hydrogens is 226 g/mol. The Morgan fingerprint density at radius 1 is 1.22 bits per heavy atom. The van der Waals surface area contributed by atoms with Gasteiger partial charge in [-0.05, 0) is 57.2 Å². The minimum absolute atomic E-state index is 0.129. The summed E-state index contributed by atoms with van der Waals surface area (Å²) < 4.78 is 4.96. The molecule has 0 radical (unpaired) electrons. The molecule has 0 bridgehead atoms. The van der Waals surface area contributed by atoms with E-state index in [1.165, 1.54) is 25.9 Å². The molecule has 0 aromatic rings. The second-order valence-electron chi connectivity index (χ2n) is 5.94. The van der Waals surface area contributed by atoms with Gasteiger partial charge >= 0.3 is 0 Å². The highest BCUT2D eigenvalue weighted by Crippen LogP contribution is 2.35. The first-order chi connectivity index (χ1) is 8.72. The number of aliphatic hydroxyl groups excluding tert-OH is 1. The Labute approximate surface area is 111 Å². The molecule has 3 nitrogen and oxygen atoms in total. The van der Waals surface area contributed by atoms with E-state index in [1.807, 2.05) is 0 Å². The van der Waals surface area contributed by atoms with Crippen molar-refractivity contribution in [2.75, 3.05) is 20.2 Å². The van der Waals surface area contributed by atoms with E-state index in [1.54, 1.807) is 13.4 Å². The minimum Gasteiger partial charge on any atom is -0.505 e. The number of aliphatic hydroxyl groups is 1. The molecule has 1 aliphatic carbocycles.